The van der Waals surface area contributed by atoms with Crippen molar-refractivity contribution in [2.24, 2.45) is 16.7 Å². The largest absolute Gasteiger partial charge is 0.354 e. The Labute approximate surface area is 105 Å². The summed E-state index contributed by atoms with van der Waals surface area (Å²) in [6, 6.07) is 2.21. The number of nitrogens with one attached hydrogen (secondary N) is 1. The summed E-state index contributed by atoms with van der Waals surface area (Å²) in [5, 5.41) is 3.60. The van der Waals surface area contributed by atoms with E-state index in [9.17, 15) is 0 Å². The Morgan fingerprint density at radius 2 is 1.88 bits per heavy atom. The Morgan fingerprint density at radius 3 is 2.35 bits per heavy atom. The van der Waals surface area contributed by atoms with Crippen molar-refractivity contribution < 1.29 is 0 Å². The van der Waals surface area contributed by atoms with E-state index in [1.807, 2.05) is 0 Å². The maximum atomic E-state index is 3.60. The van der Waals surface area contributed by atoms with Crippen LogP contribution in [0.25, 0.3) is 0 Å². The van der Waals surface area contributed by atoms with Crippen LogP contribution in [-0.4, -0.2) is 11.1 Å². The van der Waals surface area contributed by atoms with Crippen LogP contribution in [0.4, 0.5) is 0 Å². The summed E-state index contributed by atoms with van der Waals surface area (Å²) >= 11 is 0. The molecular formula is C15H26N2. The Bertz CT molecular complexity index is 373. The fraction of sp³-hybridized carbons (Fsp3) is 0.733. The Kier molecular flexibility index (Phi) is 3.11. The van der Waals surface area contributed by atoms with Gasteiger partial charge >= 0.3 is 0 Å². The first-order valence-electron chi connectivity index (χ1n) is 6.75. The van der Waals surface area contributed by atoms with Crippen molar-refractivity contribution in [3.8, 4) is 0 Å². The highest BCUT2D eigenvalue weighted by molar-refractivity contribution is 5.14. The van der Waals surface area contributed by atoms with Crippen LogP contribution in [0.1, 0.15) is 40.2 Å². The molecule has 0 bridgehead atoms. The number of aryl methyl sites for hydroxylation is 1. The lowest BCUT2D eigenvalue weighted by atomic mass is 10.0. The third-order valence-electron chi connectivity index (χ3n) is 5.17. The molecule has 17 heavy (non-hydrogen) atoms. The molecule has 96 valence electrons. The van der Waals surface area contributed by atoms with Crippen molar-refractivity contribution in [1.29, 1.82) is 0 Å². The highest BCUT2D eigenvalue weighted by Crippen LogP contribution is 2.67. The summed E-state index contributed by atoms with van der Waals surface area (Å²) < 4.78 is 2.22. The lowest BCUT2D eigenvalue weighted by Crippen LogP contribution is -2.18. The molecule has 2 heteroatoms. The third kappa shape index (κ3) is 2.15. The molecule has 0 atom stereocenters. The van der Waals surface area contributed by atoms with Gasteiger partial charge in [0.05, 0.1) is 0 Å². The molecule has 2 rings (SSSR count). The van der Waals surface area contributed by atoms with Crippen LogP contribution in [-0.2, 0) is 13.1 Å². The predicted molar refractivity (Wildman–Crippen MR) is 72.9 cm³/mol. The summed E-state index contributed by atoms with van der Waals surface area (Å²) in [5.41, 5.74) is 2.38. The Balaban J connectivity index is 1.78. The second kappa shape index (κ2) is 4.16. The zero-order valence-corrected chi connectivity index (χ0v) is 11.9. The molecule has 0 spiro atoms. The summed E-state index contributed by atoms with van der Waals surface area (Å²) in [6.45, 7) is 14.9. The van der Waals surface area contributed by atoms with E-state index in [-0.39, 0.29) is 0 Å². The van der Waals surface area contributed by atoms with Gasteiger partial charge < -0.3 is 9.88 Å². The molecule has 1 aliphatic carbocycles. The minimum absolute atomic E-state index is 0.495. The van der Waals surface area contributed by atoms with Gasteiger partial charge in [-0.15, -0.1) is 0 Å². The molecular weight excluding hydrogens is 208 g/mol. The summed E-state index contributed by atoms with van der Waals surface area (Å²) in [6.07, 6.45) is 4.39. The summed E-state index contributed by atoms with van der Waals surface area (Å²) in [5.74, 6) is 0.809. The van der Waals surface area contributed by atoms with E-state index in [0.29, 0.717) is 10.8 Å². The molecule has 0 unspecified atom stereocenters. The first-order chi connectivity index (χ1) is 7.89. The van der Waals surface area contributed by atoms with Gasteiger partial charge in [-0.2, -0.15) is 0 Å². The van der Waals surface area contributed by atoms with Crippen LogP contribution in [0, 0.1) is 16.7 Å². The monoisotopic (exact) mass is 234 g/mol. The van der Waals surface area contributed by atoms with Gasteiger partial charge in [-0.05, 0) is 41.8 Å². The maximum Gasteiger partial charge on any atom is 0.0220 e. The molecule has 1 aromatic rings. The van der Waals surface area contributed by atoms with E-state index in [2.05, 4.69) is 63.0 Å². The van der Waals surface area contributed by atoms with Gasteiger partial charge in [0.1, 0.15) is 0 Å². The van der Waals surface area contributed by atoms with E-state index in [4.69, 9.17) is 0 Å². The quantitative estimate of drug-likeness (QED) is 0.827. The van der Waals surface area contributed by atoms with Gasteiger partial charge in [0.15, 0.2) is 0 Å². The van der Waals surface area contributed by atoms with E-state index < -0.39 is 0 Å². The van der Waals surface area contributed by atoms with Crippen LogP contribution in [0.5, 0.6) is 0 Å². The van der Waals surface area contributed by atoms with Gasteiger partial charge in [-0.1, -0.05) is 27.7 Å². The SMILES string of the molecule is CCn1ccc(CNCC2C(C)(C)C2(C)C)c1. The lowest BCUT2D eigenvalue weighted by Gasteiger charge is -2.04. The average Bonchev–Trinajstić information content (AvgIpc) is 2.64. The zero-order chi connectivity index (χ0) is 12.7. The van der Waals surface area contributed by atoms with Gasteiger partial charge in [0, 0.05) is 25.5 Å². The van der Waals surface area contributed by atoms with E-state index >= 15 is 0 Å². The summed E-state index contributed by atoms with van der Waals surface area (Å²) in [7, 11) is 0. The van der Waals surface area contributed by atoms with Gasteiger partial charge in [-0.25, -0.2) is 0 Å². The number of nitrogens with zero attached hydrogens (tertiary/aromatic N) is 1. The first kappa shape index (κ1) is 12.7. The van der Waals surface area contributed by atoms with Crippen molar-refractivity contribution in [3.63, 3.8) is 0 Å². The molecule has 1 N–H and O–H groups in total. The molecule has 1 aromatic heterocycles. The van der Waals surface area contributed by atoms with E-state index in [0.717, 1.165) is 25.6 Å². The topological polar surface area (TPSA) is 17.0 Å². The normalized spacial score (nSPS) is 21.7. The second-order valence-electron chi connectivity index (χ2n) is 6.48. The van der Waals surface area contributed by atoms with Crippen molar-refractivity contribution in [3.05, 3.63) is 24.0 Å². The minimum Gasteiger partial charge on any atom is -0.354 e. The van der Waals surface area contributed by atoms with Crippen molar-refractivity contribution in [2.75, 3.05) is 6.54 Å². The van der Waals surface area contributed by atoms with E-state index in [1.165, 1.54) is 5.56 Å². The lowest BCUT2D eigenvalue weighted by molar-refractivity contribution is 0.457. The molecule has 1 heterocycles. The smallest absolute Gasteiger partial charge is 0.0220 e. The maximum absolute atomic E-state index is 3.60. The number of aromatic nitrogens is 1. The predicted octanol–water partition coefficient (Wildman–Crippen LogP) is 3.28. The van der Waals surface area contributed by atoms with Crippen LogP contribution in [0.15, 0.2) is 18.5 Å². The average molecular weight is 234 g/mol. The summed E-state index contributed by atoms with van der Waals surface area (Å²) in [4.78, 5) is 0. The first-order valence-corrected chi connectivity index (χ1v) is 6.75. The number of hydrogen-bond donors (Lipinski definition) is 1. The number of rotatable bonds is 5. The van der Waals surface area contributed by atoms with Crippen molar-refractivity contribution in [1.82, 2.24) is 9.88 Å². The Morgan fingerprint density at radius 1 is 1.24 bits per heavy atom. The Hall–Kier alpha value is -0.760. The second-order valence-corrected chi connectivity index (χ2v) is 6.48. The van der Waals surface area contributed by atoms with Crippen molar-refractivity contribution >= 4 is 0 Å². The van der Waals surface area contributed by atoms with Gasteiger partial charge in [0.25, 0.3) is 0 Å². The molecule has 1 saturated carbocycles. The molecule has 0 aromatic carbocycles. The molecule has 0 radical (unpaired) electrons. The highest BCUT2D eigenvalue weighted by atomic mass is 14.9. The molecule has 1 fully saturated rings. The standard InChI is InChI=1S/C15H26N2/c1-6-17-8-7-12(11-17)9-16-10-13-14(2,3)15(13,4)5/h7-8,11,13,16H,6,9-10H2,1-5H3. The zero-order valence-electron chi connectivity index (χ0n) is 11.9. The fourth-order valence-corrected chi connectivity index (χ4v) is 3.00. The van der Waals surface area contributed by atoms with Crippen molar-refractivity contribution in [2.45, 2.75) is 47.7 Å². The molecule has 0 amide bonds. The molecule has 0 aliphatic heterocycles. The van der Waals surface area contributed by atoms with Crippen LogP contribution in [0.2, 0.25) is 0 Å². The van der Waals surface area contributed by atoms with Crippen LogP contribution in [0.3, 0.4) is 0 Å². The van der Waals surface area contributed by atoms with Crippen LogP contribution < -0.4 is 5.32 Å². The van der Waals surface area contributed by atoms with E-state index in [1.54, 1.807) is 0 Å². The molecule has 0 saturated heterocycles. The molecule has 1 aliphatic rings. The number of hydrogen-bond acceptors (Lipinski definition) is 1. The van der Waals surface area contributed by atoms with Gasteiger partial charge in [0.2, 0.25) is 0 Å². The fourth-order valence-electron chi connectivity index (χ4n) is 3.00. The van der Waals surface area contributed by atoms with Crippen LogP contribution >= 0.6 is 0 Å². The third-order valence-corrected chi connectivity index (χ3v) is 5.17. The molecule has 2 nitrogen and oxygen atoms in total. The minimum atomic E-state index is 0.495. The van der Waals surface area contributed by atoms with Gasteiger partial charge in [-0.3, -0.25) is 0 Å². The highest BCUT2D eigenvalue weighted by Gasteiger charge is 2.63.